The van der Waals surface area contributed by atoms with E-state index in [1.807, 2.05) is 13.8 Å². The SMILES string of the molecule is CCC(C)C(=O)c1cnc2snnc2c1. The third-order valence-electron chi connectivity index (χ3n) is 2.45. The zero-order chi connectivity index (χ0) is 10.8. The molecule has 0 aliphatic heterocycles. The summed E-state index contributed by atoms with van der Waals surface area (Å²) in [5.74, 6) is 0.163. The molecule has 0 spiro atoms. The van der Waals surface area contributed by atoms with Gasteiger partial charge in [-0.05, 0) is 12.5 Å². The minimum atomic E-state index is 0.0378. The molecule has 0 amide bonds. The Balaban J connectivity index is 2.39. The summed E-state index contributed by atoms with van der Waals surface area (Å²) in [6.45, 7) is 3.92. The number of rotatable bonds is 3. The summed E-state index contributed by atoms with van der Waals surface area (Å²) in [5.41, 5.74) is 1.33. The van der Waals surface area contributed by atoms with Crippen LogP contribution in [-0.4, -0.2) is 20.4 Å². The molecule has 2 aromatic heterocycles. The average Bonchev–Trinajstić information content (AvgIpc) is 2.73. The van der Waals surface area contributed by atoms with Gasteiger partial charge in [-0.25, -0.2) is 4.98 Å². The average molecular weight is 221 g/mol. The lowest BCUT2D eigenvalue weighted by Crippen LogP contribution is -2.10. The molecule has 78 valence electrons. The fourth-order valence-corrected chi connectivity index (χ4v) is 1.79. The van der Waals surface area contributed by atoms with Gasteiger partial charge in [0.25, 0.3) is 0 Å². The molecule has 1 unspecified atom stereocenters. The molecule has 0 aliphatic carbocycles. The van der Waals surface area contributed by atoms with Crippen LogP contribution in [0.25, 0.3) is 10.3 Å². The summed E-state index contributed by atoms with van der Waals surface area (Å²) in [5, 5.41) is 3.90. The summed E-state index contributed by atoms with van der Waals surface area (Å²) in [6, 6.07) is 1.76. The van der Waals surface area contributed by atoms with E-state index in [1.54, 1.807) is 12.3 Å². The highest BCUT2D eigenvalue weighted by atomic mass is 32.1. The van der Waals surface area contributed by atoms with Crippen molar-refractivity contribution in [2.75, 3.05) is 0 Å². The van der Waals surface area contributed by atoms with Crippen molar-refractivity contribution >= 4 is 27.7 Å². The lowest BCUT2D eigenvalue weighted by molar-refractivity contribution is 0.0927. The smallest absolute Gasteiger partial charge is 0.167 e. The van der Waals surface area contributed by atoms with E-state index < -0.39 is 0 Å². The van der Waals surface area contributed by atoms with Crippen LogP contribution in [0, 0.1) is 5.92 Å². The molecule has 5 heteroatoms. The van der Waals surface area contributed by atoms with Crippen LogP contribution in [0.4, 0.5) is 0 Å². The van der Waals surface area contributed by atoms with Crippen molar-refractivity contribution in [1.82, 2.24) is 14.6 Å². The molecule has 0 aromatic carbocycles. The summed E-state index contributed by atoms with van der Waals surface area (Å²) >= 11 is 1.24. The van der Waals surface area contributed by atoms with Crippen molar-refractivity contribution < 1.29 is 4.79 Å². The number of carbonyl (C=O) groups is 1. The van der Waals surface area contributed by atoms with E-state index in [4.69, 9.17) is 0 Å². The van der Waals surface area contributed by atoms with Gasteiger partial charge in [0.15, 0.2) is 10.6 Å². The number of pyridine rings is 1. The van der Waals surface area contributed by atoms with Gasteiger partial charge in [0.1, 0.15) is 5.52 Å². The van der Waals surface area contributed by atoms with Crippen LogP contribution in [0.15, 0.2) is 12.3 Å². The van der Waals surface area contributed by atoms with Crippen molar-refractivity contribution in [2.45, 2.75) is 20.3 Å². The van der Waals surface area contributed by atoms with Gasteiger partial charge in [0.2, 0.25) is 0 Å². The second kappa shape index (κ2) is 4.02. The number of hydrogen-bond acceptors (Lipinski definition) is 5. The predicted molar refractivity (Wildman–Crippen MR) is 59.0 cm³/mol. The maximum atomic E-state index is 11.9. The number of fused-ring (bicyclic) bond motifs is 1. The summed E-state index contributed by atoms with van der Waals surface area (Å²) < 4.78 is 3.78. The first kappa shape index (κ1) is 10.2. The van der Waals surface area contributed by atoms with Gasteiger partial charge in [0, 0.05) is 29.2 Å². The largest absolute Gasteiger partial charge is 0.294 e. The number of aromatic nitrogens is 3. The normalized spacial score (nSPS) is 12.9. The van der Waals surface area contributed by atoms with Crippen LogP contribution in [0.5, 0.6) is 0 Å². The minimum absolute atomic E-state index is 0.0378. The molecule has 0 bridgehead atoms. The van der Waals surface area contributed by atoms with Gasteiger partial charge in [-0.2, -0.15) is 0 Å². The molecule has 2 rings (SSSR count). The fraction of sp³-hybridized carbons (Fsp3) is 0.400. The molecule has 0 saturated carbocycles. The highest BCUT2D eigenvalue weighted by Crippen LogP contribution is 2.17. The number of nitrogens with zero attached hydrogens (tertiary/aromatic N) is 3. The second-order valence-corrected chi connectivity index (χ2v) is 4.23. The Bertz CT molecular complexity index is 494. The van der Waals surface area contributed by atoms with Crippen LogP contribution in [0.2, 0.25) is 0 Å². The number of Topliss-reactive ketones (excluding diaryl/α,β-unsaturated/α-hetero) is 1. The van der Waals surface area contributed by atoms with E-state index in [9.17, 15) is 4.79 Å². The van der Waals surface area contributed by atoms with E-state index >= 15 is 0 Å². The molecule has 0 radical (unpaired) electrons. The molecule has 15 heavy (non-hydrogen) atoms. The molecular formula is C10H11N3OS. The zero-order valence-electron chi connectivity index (χ0n) is 8.60. The van der Waals surface area contributed by atoms with Crippen molar-refractivity contribution in [2.24, 2.45) is 5.92 Å². The van der Waals surface area contributed by atoms with Gasteiger partial charge in [-0.1, -0.05) is 18.3 Å². The molecule has 0 saturated heterocycles. The molecule has 4 nitrogen and oxygen atoms in total. The minimum Gasteiger partial charge on any atom is -0.294 e. The van der Waals surface area contributed by atoms with Gasteiger partial charge >= 0.3 is 0 Å². The van der Waals surface area contributed by atoms with Crippen molar-refractivity contribution in [1.29, 1.82) is 0 Å². The molecule has 0 aliphatic rings. The van der Waals surface area contributed by atoms with E-state index in [0.717, 1.165) is 11.3 Å². The topological polar surface area (TPSA) is 55.7 Å². The lowest BCUT2D eigenvalue weighted by atomic mass is 9.98. The maximum Gasteiger partial charge on any atom is 0.167 e. The second-order valence-electron chi connectivity index (χ2n) is 3.49. The summed E-state index contributed by atoms with van der Waals surface area (Å²) in [7, 11) is 0. The molecule has 0 N–H and O–H groups in total. The highest BCUT2D eigenvalue weighted by Gasteiger charge is 2.14. The maximum absolute atomic E-state index is 11.9. The third-order valence-corrected chi connectivity index (χ3v) is 3.10. The van der Waals surface area contributed by atoms with Gasteiger partial charge in [0.05, 0.1) is 0 Å². The van der Waals surface area contributed by atoms with Gasteiger partial charge < -0.3 is 0 Å². The van der Waals surface area contributed by atoms with E-state index in [1.165, 1.54) is 11.5 Å². The standard InChI is InChI=1S/C10H11N3OS/c1-3-6(2)9(14)7-4-8-10(11-5-7)15-13-12-8/h4-6H,3H2,1-2H3. The quantitative estimate of drug-likeness (QED) is 0.746. The Morgan fingerprint density at radius 2 is 2.40 bits per heavy atom. The van der Waals surface area contributed by atoms with Crippen LogP contribution < -0.4 is 0 Å². The van der Waals surface area contributed by atoms with Crippen LogP contribution >= 0.6 is 11.5 Å². The van der Waals surface area contributed by atoms with Crippen molar-refractivity contribution in [3.05, 3.63) is 17.8 Å². The Morgan fingerprint density at radius 3 is 3.13 bits per heavy atom. The first-order valence-electron chi connectivity index (χ1n) is 4.84. The summed E-state index contributed by atoms with van der Waals surface area (Å²) in [6.07, 6.45) is 2.45. The van der Waals surface area contributed by atoms with Crippen molar-refractivity contribution in [3.8, 4) is 0 Å². The first-order valence-corrected chi connectivity index (χ1v) is 5.62. The third kappa shape index (κ3) is 1.87. The number of hydrogen-bond donors (Lipinski definition) is 0. The lowest BCUT2D eigenvalue weighted by Gasteiger charge is -2.05. The van der Waals surface area contributed by atoms with Crippen LogP contribution in [0.3, 0.4) is 0 Å². The number of ketones is 1. The van der Waals surface area contributed by atoms with Gasteiger partial charge in [-0.3, -0.25) is 4.79 Å². The van der Waals surface area contributed by atoms with E-state index in [-0.39, 0.29) is 11.7 Å². The van der Waals surface area contributed by atoms with Crippen LogP contribution in [0.1, 0.15) is 30.6 Å². The zero-order valence-corrected chi connectivity index (χ0v) is 9.41. The van der Waals surface area contributed by atoms with Crippen molar-refractivity contribution in [3.63, 3.8) is 0 Å². The molecule has 1 atom stereocenters. The Hall–Kier alpha value is -1.36. The molecule has 2 aromatic rings. The predicted octanol–water partition coefficient (Wildman–Crippen LogP) is 2.32. The first-order chi connectivity index (χ1) is 7.22. The fourth-order valence-electron chi connectivity index (χ4n) is 1.29. The highest BCUT2D eigenvalue weighted by molar-refractivity contribution is 7.12. The molecule has 2 heterocycles. The Kier molecular flexibility index (Phi) is 2.73. The Morgan fingerprint density at radius 1 is 1.60 bits per heavy atom. The monoisotopic (exact) mass is 221 g/mol. The summed E-state index contributed by atoms with van der Waals surface area (Å²) in [4.78, 5) is 16.8. The number of carbonyl (C=O) groups excluding carboxylic acids is 1. The van der Waals surface area contributed by atoms with Crippen LogP contribution in [-0.2, 0) is 0 Å². The molecule has 0 fully saturated rings. The van der Waals surface area contributed by atoms with Gasteiger partial charge in [-0.15, -0.1) is 5.10 Å². The van der Waals surface area contributed by atoms with E-state index in [0.29, 0.717) is 11.1 Å². The van der Waals surface area contributed by atoms with E-state index in [2.05, 4.69) is 14.6 Å². The Labute approximate surface area is 91.5 Å². The molecular weight excluding hydrogens is 210 g/mol.